The molecule has 1 aromatic carbocycles. The molecular weight excluding hydrogens is 408 g/mol. The number of ether oxygens (including phenoxy) is 1. The van der Waals surface area contributed by atoms with Crippen molar-refractivity contribution < 1.29 is 14.6 Å². The number of carbonyl (C=O) groups is 1. The third-order valence-electron chi connectivity index (χ3n) is 5.37. The van der Waals surface area contributed by atoms with E-state index in [1.807, 2.05) is 18.2 Å². The van der Waals surface area contributed by atoms with E-state index in [1.165, 1.54) is 20.0 Å². The fraction of sp³-hybridized carbons (Fsp3) is 0.478. The molecule has 1 saturated carbocycles. The van der Waals surface area contributed by atoms with Crippen LogP contribution in [0, 0.1) is 11.3 Å². The number of nitrogens with zero attached hydrogens (tertiary/aromatic N) is 3. The standard InChI is InChI=1S/C23H32N6O3/c1-3-12-29(14-16-4-5-16)21(25-15-24)9-10-22(30)26-17-6-7-19-18(13-17)20(28-27-19)8-11-23(31)32-2/h6-7,9-10,13,15-16,22,24,26,30H,3-5,8,11-12,14H2,1-2H3,(H,27,28)/b10-9+,24-15?,25-21?. The monoisotopic (exact) mass is 440 g/mol. The molecule has 4 N–H and O–H groups in total. The van der Waals surface area contributed by atoms with Crippen molar-refractivity contribution in [3.05, 3.63) is 36.0 Å². The van der Waals surface area contributed by atoms with Gasteiger partial charge in [0.1, 0.15) is 18.4 Å². The lowest BCUT2D eigenvalue weighted by Gasteiger charge is -2.24. The minimum Gasteiger partial charge on any atom is -0.469 e. The number of H-pyrrole nitrogens is 1. The van der Waals surface area contributed by atoms with E-state index >= 15 is 0 Å². The summed E-state index contributed by atoms with van der Waals surface area (Å²) in [5.74, 6) is 1.11. The summed E-state index contributed by atoms with van der Waals surface area (Å²) in [6.07, 6.45) is 7.73. The van der Waals surface area contributed by atoms with Crippen LogP contribution in [-0.2, 0) is 16.0 Å². The van der Waals surface area contributed by atoms with Gasteiger partial charge >= 0.3 is 5.97 Å². The largest absolute Gasteiger partial charge is 0.469 e. The minimum atomic E-state index is -0.932. The van der Waals surface area contributed by atoms with Crippen molar-refractivity contribution in [2.75, 3.05) is 25.5 Å². The Morgan fingerprint density at radius 3 is 3.00 bits per heavy atom. The molecule has 0 aliphatic heterocycles. The molecule has 1 aliphatic rings. The molecule has 9 nitrogen and oxygen atoms in total. The highest BCUT2D eigenvalue weighted by molar-refractivity contribution is 5.97. The number of amidine groups is 1. The number of nitrogens with one attached hydrogen (secondary N) is 3. The smallest absolute Gasteiger partial charge is 0.305 e. The molecule has 1 heterocycles. The highest BCUT2D eigenvalue weighted by Crippen LogP contribution is 2.30. The van der Waals surface area contributed by atoms with Crippen LogP contribution in [-0.4, -0.2) is 64.8 Å². The Kier molecular flexibility index (Phi) is 8.38. The molecule has 0 radical (unpaired) electrons. The number of hydrogen-bond donors (Lipinski definition) is 4. The van der Waals surface area contributed by atoms with Crippen molar-refractivity contribution in [2.24, 2.45) is 10.9 Å². The number of anilines is 1. The molecule has 1 atom stereocenters. The lowest BCUT2D eigenvalue weighted by atomic mass is 10.1. The lowest BCUT2D eigenvalue weighted by molar-refractivity contribution is -0.140. The molecule has 32 heavy (non-hydrogen) atoms. The van der Waals surface area contributed by atoms with Gasteiger partial charge in [-0.3, -0.25) is 15.3 Å². The topological polar surface area (TPSA) is 127 Å². The Hall–Kier alpha value is -3.20. The third kappa shape index (κ3) is 6.65. The number of hydrogen-bond acceptors (Lipinski definition) is 6. The van der Waals surface area contributed by atoms with Crippen LogP contribution >= 0.6 is 0 Å². The molecule has 172 valence electrons. The number of methoxy groups -OCH3 is 1. The fourth-order valence-electron chi connectivity index (χ4n) is 3.55. The van der Waals surface area contributed by atoms with Gasteiger partial charge in [-0.05, 0) is 55.5 Å². The number of aliphatic imine (C=N–C) groups is 1. The Morgan fingerprint density at radius 2 is 2.31 bits per heavy atom. The van der Waals surface area contributed by atoms with E-state index in [9.17, 15) is 9.90 Å². The first kappa shape index (κ1) is 23.5. The van der Waals surface area contributed by atoms with Gasteiger partial charge in [0.15, 0.2) is 0 Å². The minimum absolute atomic E-state index is 0.265. The first-order valence-corrected chi connectivity index (χ1v) is 11.0. The van der Waals surface area contributed by atoms with Gasteiger partial charge in [0.05, 0.1) is 19.0 Å². The number of aromatic nitrogens is 2. The van der Waals surface area contributed by atoms with Crippen LogP contribution in [0.1, 0.15) is 38.3 Å². The Balaban J connectivity index is 1.67. The van der Waals surface area contributed by atoms with E-state index < -0.39 is 6.23 Å². The van der Waals surface area contributed by atoms with Crippen LogP contribution in [0.2, 0.25) is 0 Å². The molecule has 0 amide bonds. The van der Waals surface area contributed by atoms with Crippen LogP contribution < -0.4 is 5.32 Å². The van der Waals surface area contributed by atoms with E-state index in [1.54, 1.807) is 12.2 Å². The number of fused-ring (bicyclic) bond motifs is 1. The summed E-state index contributed by atoms with van der Waals surface area (Å²) in [7, 11) is 1.37. The Morgan fingerprint density at radius 1 is 1.50 bits per heavy atom. The number of esters is 1. The summed E-state index contributed by atoms with van der Waals surface area (Å²) in [4.78, 5) is 17.8. The van der Waals surface area contributed by atoms with E-state index in [-0.39, 0.29) is 12.4 Å². The zero-order chi connectivity index (χ0) is 22.9. The number of carbonyl (C=O) groups excluding carboxylic acids is 1. The zero-order valence-electron chi connectivity index (χ0n) is 18.7. The number of aliphatic hydroxyl groups is 1. The second kappa shape index (κ2) is 11.4. The number of rotatable bonds is 12. The zero-order valence-corrected chi connectivity index (χ0v) is 18.7. The van der Waals surface area contributed by atoms with E-state index in [4.69, 9.17) is 10.1 Å². The molecule has 1 fully saturated rings. The van der Waals surface area contributed by atoms with Gasteiger partial charge in [-0.2, -0.15) is 5.10 Å². The van der Waals surface area contributed by atoms with E-state index in [0.29, 0.717) is 18.2 Å². The average Bonchev–Trinajstić information content (AvgIpc) is 3.52. The second-order valence-corrected chi connectivity index (χ2v) is 7.96. The molecule has 3 rings (SSSR count). The maximum atomic E-state index is 11.4. The summed E-state index contributed by atoms with van der Waals surface area (Å²) < 4.78 is 4.70. The van der Waals surface area contributed by atoms with Gasteiger partial charge in [0, 0.05) is 36.3 Å². The summed E-state index contributed by atoms with van der Waals surface area (Å²) in [5, 5.41) is 29.1. The van der Waals surface area contributed by atoms with Gasteiger partial charge in [0.2, 0.25) is 0 Å². The molecule has 1 unspecified atom stereocenters. The van der Waals surface area contributed by atoms with Crippen molar-refractivity contribution in [3.63, 3.8) is 0 Å². The lowest BCUT2D eigenvalue weighted by Crippen LogP contribution is -2.33. The van der Waals surface area contributed by atoms with Gasteiger partial charge < -0.3 is 20.1 Å². The van der Waals surface area contributed by atoms with Crippen LogP contribution in [0.25, 0.3) is 10.9 Å². The normalized spacial score (nSPS) is 15.2. The van der Waals surface area contributed by atoms with Gasteiger partial charge in [0.25, 0.3) is 0 Å². The molecule has 9 heteroatoms. The van der Waals surface area contributed by atoms with Crippen molar-refractivity contribution in [1.29, 1.82) is 5.41 Å². The Bertz CT molecular complexity index is 979. The van der Waals surface area contributed by atoms with Crippen molar-refractivity contribution in [2.45, 2.75) is 45.3 Å². The van der Waals surface area contributed by atoms with Crippen molar-refractivity contribution in [3.8, 4) is 0 Å². The second-order valence-electron chi connectivity index (χ2n) is 7.96. The van der Waals surface area contributed by atoms with E-state index in [0.717, 1.165) is 48.1 Å². The molecular formula is C23H32N6O3. The third-order valence-corrected chi connectivity index (χ3v) is 5.37. The first-order chi connectivity index (χ1) is 15.5. The van der Waals surface area contributed by atoms with Crippen LogP contribution in [0.5, 0.6) is 0 Å². The van der Waals surface area contributed by atoms with Crippen molar-refractivity contribution >= 4 is 34.7 Å². The fourth-order valence-corrected chi connectivity index (χ4v) is 3.55. The number of aliphatic hydroxyl groups excluding tert-OH is 1. The molecule has 0 saturated heterocycles. The quantitative estimate of drug-likeness (QED) is 0.174. The van der Waals surface area contributed by atoms with Crippen LogP contribution in [0.4, 0.5) is 5.69 Å². The number of aromatic amines is 1. The number of aryl methyl sites for hydroxylation is 1. The highest BCUT2D eigenvalue weighted by atomic mass is 16.5. The maximum Gasteiger partial charge on any atom is 0.305 e. The molecule has 2 aromatic rings. The average molecular weight is 441 g/mol. The SMILES string of the molecule is CCCN(CC1CC1)C(/C=C/C(O)Nc1ccc2n[nH]c(CCC(=O)OC)c2c1)=NC=N. The first-order valence-electron chi connectivity index (χ1n) is 11.0. The van der Waals surface area contributed by atoms with Gasteiger partial charge in [-0.15, -0.1) is 0 Å². The van der Waals surface area contributed by atoms with E-state index in [2.05, 4.69) is 32.3 Å². The van der Waals surface area contributed by atoms with Gasteiger partial charge in [-0.25, -0.2) is 4.99 Å². The van der Waals surface area contributed by atoms with Crippen molar-refractivity contribution in [1.82, 2.24) is 15.1 Å². The van der Waals surface area contributed by atoms with Crippen LogP contribution in [0.15, 0.2) is 35.3 Å². The predicted molar refractivity (Wildman–Crippen MR) is 126 cm³/mol. The summed E-state index contributed by atoms with van der Waals surface area (Å²) in [6, 6.07) is 5.59. The van der Waals surface area contributed by atoms with Gasteiger partial charge in [-0.1, -0.05) is 6.92 Å². The molecule has 1 aromatic heterocycles. The molecule has 0 spiro atoms. The predicted octanol–water partition coefficient (Wildman–Crippen LogP) is 3.08. The maximum absolute atomic E-state index is 11.4. The highest BCUT2D eigenvalue weighted by Gasteiger charge is 2.25. The molecule has 0 bridgehead atoms. The summed E-state index contributed by atoms with van der Waals surface area (Å²) in [6.45, 7) is 3.91. The summed E-state index contributed by atoms with van der Waals surface area (Å²) in [5.41, 5.74) is 2.36. The number of benzene rings is 1. The Labute approximate surface area is 188 Å². The van der Waals surface area contributed by atoms with Crippen LogP contribution in [0.3, 0.4) is 0 Å². The summed E-state index contributed by atoms with van der Waals surface area (Å²) >= 11 is 0. The molecule has 1 aliphatic carbocycles.